The van der Waals surface area contributed by atoms with Crippen LogP contribution in [0.15, 0.2) is 53.2 Å². The van der Waals surface area contributed by atoms with Gasteiger partial charge in [-0.25, -0.2) is 4.79 Å². The van der Waals surface area contributed by atoms with Crippen LogP contribution in [0.5, 0.6) is 0 Å². The van der Waals surface area contributed by atoms with Gasteiger partial charge in [0.05, 0.1) is 12.4 Å². The quantitative estimate of drug-likeness (QED) is 0.487. The maximum absolute atomic E-state index is 13.0. The molecule has 0 aliphatic heterocycles. The predicted molar refractivity (Wildman–Crippen MR) is 130 cm³/mol. The van der Waals surface area contributed by atoms with Crippen molar-refractivity contribution < 1.29 is 24.2 Å². The zero-order valence-electron chi connectivity index (χ0n) is 20.5. The minimum absolute atomic E-state index is 0.0236. The van der Waals surface area contributed by atoms with Gasteiger partial charge in [0.1, 0.15) is 11.4 Å². The van der Waals surface area contributed by atoms with Crippen molar-refractivity contribution in [1.82, 2.24) is 0 Å². The third kappa shape index (κ3) is 3.24. The van der Waals surface area contributed by atoms with E-state index in [9.17, 15) is 15.0 Å². The van der Waals surface area contributed by atoms with Gasteiger partial charge in [0, 0.05) is 17.9 Å². The third-order valence-electron chi connectivity index (χ3n) is 9.51. The van der Waals surface area contributed by atoms with Crippen LogP contribution in [0.3, 0.4) is 0 Å². The third-order valence-corrected chi connectivity index (χ3v) is 9.51. The number of hydrogen-bond acceptors (Lipinski definition) is 5. The molecule has 7 atom stereocenters. The summed E-state index contributed by atoms with van der Waals surface area (Å²) in [7, 11) is 0. The second-order valence-corrected chi connectivity index (χ2v) is 11.5. The standard InChI is InChI=1S/C29H36O5/c1-18-20-13-16-33-22(20)17-21-24(18)25(31)26(29(32)27(2,3)14-8-15-28(21,29)4)34-23(30)12-11-19-9-6-5-7-10-19/h5-7,9-13,16,18,21,24-26,31-32H,8,14-15,17H2,1-4H3. The van der Waals surface area contributed by atoms with Crippen molar-refractivity contribution in [3.05, 3.63) is 65.6 Å². The number of benzene rings is 1. The molecule has 2 N–H and O–H groups in total. The van der Waals surface area contributed by atoms with Crippen molar-refractivity contribution in [2.24, 2.45) is 22.7 Å². The van der Waals surface area contributed by atoms with Gasteiger partial charge < -0.3 is 19.4 Å². The summed E-state index contributed by atoms with van der Waals surface area (Å²) in [6.07, 6.45) is 6.11. The van der Waals surface area contributed by atoms with Crippen LogP contribution in [0.1, 0.15) is 69.8 Å². The highest BCUT2D eigenvalue weighted by Gasteiger charge is 2.73. The van der Waals surface area contributed by atoms with Crippen LogP contribution >= 0.6 is 0 Å². The lowest BCUT2D eigenvalue weighted by Crippen LogP contribution is -2.76. The second-order valence-electron chi connectivity index (χ2n) is 11.5. The van der Waals surface area contributed by atoms with E-state index in [4.69, 9.17) is 9.15 Å². The van der Waals surface area contributed by atoms with E-state index in [1.165, 1.54) is 6.08 Å². The smallest absolute Gasteiger partial charge is 0.331 e. The minimum Gasteiger partial charge on any atom is -0.469 e. The number of aliphatic hydroxyl groups is 2. The number of carbonyl (C=O) groups excluding carboxylic acids is 1. The Bertz CT molecular complexity index is 1080. The van der Waals surface area contributed by atoms with Crippen molar-refractivity contribution in [2.75, 3.05) is 0 Å². The SMILES string of the molecule is CC1c2ccoc2CC2C1C(O)C(OC(=O)C=Cc1ccccc1)C1(O)C(C)(C)CCCC21C. The molecule has 34 heavy (non-hydrogen) atoms. The van der Waals surface area contributed by atoms with Crippen LogP contribution in [0.25, 0.3) is 6.08 Å². The van der Waals surface area contributed by atoms with Crippen molar-refractivity contribution in [3.63, 3.8) is 0 Å². The Morgan fingerprint density at radius 1 is 1.15 bits per heavy atom. The average Bonchev–Trinajstić information content (AvgIpc) is 3.28. The number of furan rings is 1. The fourth-order valence-corrected chi connectivity index (χ4v) is 7.72. The number of rotatable bonds is 3. The van der Waals surface area contributed by atoms with Gasteiger partial charge in [0.15, 0.2) is 6.10 Å². The van der Waals surface area contributed by atoms with Crippen LogP contribution in [-0.4, -0.2) is 34.0 Å². The molecule has 1 aromatic heterocycles. The molecule has 2 aromatic rings. The molecule has 1 aromatic carbocycles. The Balaban J connectivity index is 1.55. The zero-order valence-corrected chi connectivity index (χ0v) is 20.5. The monoisotopic (exact) mass is 464 g/mol. The number of esters is 1. The minimum atomic E-state index is -1.38. The second kappa shape index (κ2) is 8.10. The summed E-state index contributed by atoms with van der Waals surface area (Å²) >= 11 is 0. The molecule has 5 nitrogen and oxygen atoms in total. The average molecular weight is 465 g/mol. The van der Waals surface area contributed by atoms with Crippen LogP contribution in [0.2, 0.25) is 0 Å². The molecule has 3 aliphatic carbocycles. The number of aliphatic hydroxyl groups excluding tert-OH is 1. The van der Waals surface area contributed by atoms with Gasteiger partial charge in [-0.2, -0.15) is 0 Å². The lowest BCUT2D eigenvalue weighted by atomic mass is 9.40. The zero-order chi connectivity index (χ0) is 24.3. The van der Waals surface area contributed by atoms with Crippen LogP contribution < -0.4 is 0 Å². The maximum Gasteiger partial charge on any atom is 0.331 e. The number of hydrogen-bond donors (Lipinski definition) is 2. The normalized spacial score (nSPS) is 38.6. The van der Waals surface area contributed by atoms with Crippen LogP contribution in [0, 0.1) is 22.7 Å². The molecule has 2 saturated carbocycles. The Kier molecular flexibility index (Phi) is 5.57. The van der Waals surface area contributed by atoms with E-state index < -0.39 is 34.6 Å². The highest BCUT2D eigenvalue weighted by atomic mass is 16.6. The lowest BCUT2D eigenvalue weighted by Gasteiger charge is -2.68. The van der Waals surface area contributed by atoms with E-state index in [0.29, 0.717) is 6.42 Å². The van der Waals surface area contributed by atoms with Crippen LogP contribution in [-0.2, 0) is 16.0 Å². The molecule has 7 unspecified atom stereocenters. The number of carbonyl (C=O) groups is 1. The summed E-state index contributed by atoms with van der Waals surface area (Å²) in [5, 5.41) is 24.4. The van der Waals surface area contributed by atoms with E-state index in [1.807, 2.05) is 50.2 Å². The van der Waals surface area contributed by atoms with Gasteiger partial charge in [0.25, 0.3) is 0 Å². The first-order chi connectivity index (χ1) is 16.1. The van der Waals surface area contributed by atoms with E-state index >= 15 is 0 Å². The van der Waals surface area contributed by atoms with Gasteiger partial charge in [-0.15, -0.1) is 0 Å². The molecule has 0 radical (unpaired) electrons. The molecule has 0 amide bonds. The molecule has 3 aliphatic rings. The largest absolute Gasteiger partial charge is 0.469 e. The van der Waals surface area contributed by atoms with Gasteiger partial charge in [0.2, 0.25) is 0 Å². The predicted octanol–water partition coefficient (Wildman–Crippen LogP) is 5.12. The molecule has 0 bridgehead atoms. The Morgan fingerprint density at radius 3 is 2.62 bits per heavy atom. The van der Waals surface area contributed by atoms with Crippen molar-refractivity contribution in [3.8, 4) is 0 Å². The molecule has 2 fully saturated rings. The molecule has 0 spiro atoms. The maximum atomic E-state index is 13.0. The fourth-order valence-electron chi connectivity index (χ4n) is 7.72. The van der Waals surface area contributed by atoms with Crippen molar-refractivity contribution in [2.45, 2.75) is 77.1 Å². The first-order valence-corrected chi connectivity index (χ1v) is 12.5. The summed E-state index contributed by atoms with van der Waals surface area (Å²) in [5.41, 5.74) is -0.450. The fraction of sp³-hybridized carbons (Fsp3) is 0.552. The topological polar surface area (TPSA) is 79.9 Å². The van der Waals surface area contributed by atoms with Gasteiger partial charge in [-0.3, -0.25) is 0 Å². The summed E-state index contributed by atoms with van der Waals surface area (Å²) in [5.74, 6) is 0.329. The molecule has 0 saturated heterocycles. The molecular weight excluding hydrogens is 428 g/mol. The highest BCUT2D eigenvalue weighted by Crippen LogP contribution is 2.67. The van der Waals surface area contributed by atoms with E-state index in [1.54, 1.807) is 12.3 Å². The molecule has 5 rings (SSSR count). The Hall–Kier alpha value is -2.37. The molecule has 1 heterocycles. The van der Waals surface area contributed by atoms with Gasteiger partial charge in [-0.05, 0) is 59.3 Å². The van der Waals surface area contributed by atoms with E-state index in [2.05, 4.69) is 13.8 Å². The van der Waals surface area contributed by atoms with Crippen molar-refractivity contribution in [1.29, 1.82) is 0 Å². The summed E-state index contributed by atoms with van der Waals surface area (Å²) in [6.45, 7) is 8.34. The summed E-state index contributed by atoms with van der Waals surface area (Å²) in [4.78, 5) is 13.0. The lowest BCUT2D eigenvalue weighted by molar-refractivity contribution is -0.315. The number of fused-ring (bicyclic) bond motifs is 4. The van der Waals surface area contributed by atoms with Crippen molar-refractivity contribution >= 4 is 12.0 Å². The summed E-state index contributed by atoms with van der Waals surface area (Å²) in [6, 6.07) is 11.5. The molecule has 182 valence electrons. The van der Waals surface area contributed by atoms with Gasteiger partial charge in [-0.1, -0.05) is 64.4 Å². The first kappa shape index (κ1) is 23.4. The van der Waals surface area contributed by atoms with E-state index in [0.717, 1.165) is 36.1 Å². The number of ether oxygens (including phenoxy) is 1. The Labute approximate surface area is 201 Å². The highest BCUT2D eigenvalue weighted by molar-refractivity contribution is 5.87. The van der Waals surface area contributed by atoms with E-state index in [-0.39, 0.29) is 17.8 Å². The molecule has 5 heteroatoms. The van der Waals surface area contributed by atoms with Gasteiger partial charge >= 0.3 is 5.97 Å². The molecular formula is C29H36O5. The first-order valence-electron chi connectivity index (χ1n) is 12.5. The van der Waals surface area contributed by atoms with Crippen LogP contribution in [0.4, 0.5) is 0 Å². The Morgan fingerprint density at radius 2 is 1.88 bits per heavy atom. The summed E-state index contributed by atoms with van der Waals surface area (Å²) < 4.78 is 11.8.